The second kappa shape index (κ2) is 6.68. The van der Waals surface area contributed by atoms with Gasteiger partial charge >= 0.3 is 0 Å². The minimum absolute atomic E-state index is 0.0905. The molecule has 2 aromatic carbocycles. The molecule has 2 bridgehead atoms. The van der Waals surface area contributed by atoms with Gasteiger partial charge in [-0.25, -0.2) is 0 Å². The maximum absolute atomic E-state index is 13.3. The molecule has 3 fully saturated rings. The molecule has 2 aromatic rings. The molecule has 1 heteroatoms. The predicted molar refractivity (Wildman–Crippen MR) is 108 cm³/mol. The quantitative estimate of drug-likeness (QED) is 0.656. The summed E-state index contributed by atoms with van der Waals surface area (Å²) in [5.74, 6) is 0.470. The first-order chi connectivity index (χ1) is 12.6. The summed E-state index contributed by atoms with van der Waals surface area (Å²) in [4.78, 5) is 13.3. The first-order valence-corrected chi connectivity index (χ1v) is 10.3. The normalized spacial score (nSPS) is 27.7. The fourth-order valence-corrected chi connectivity index (χ4v) is 5.30. The highest BCUT2D eigenvalue weighted by atomic mass is 16.1. The number of hydrogen-bond acceptors (Lipinski definition) is 1. The zero-order valence-electron chi connectivity index (χ0n) is 16.2. The van der Waals surface area contributed by atoms with Gasteiger partial charge in [-0.3, -0.25) is 4.79 Å². The van der Waals surface area contributed by atoms with Gasteiger partial charge in [-0.2, -0.15) is 0 Å². The van der Waals surface area contributed by atoms with Crippen LogP contribution >= 0.6 is 0 Å². The summed E-state index contributed by atoms with van der Waals surface area (Å²) < 4.78 is 0. The van der Waals surface area contributed by atoms with Gasteiger partial charge in [0.15, 0.2) is 0 Å². The second-order valence-electron chi connectivity index (χ2n) is 8.46. The van der Waals surface area contributed by atoms with Crippen LogP contribution in [0.15, 0.2) is 48.5 Å². The van der Waals surface area contributed by atoms with E-state index in [9.17, 15) is 4.79 Å². The van der Waals surface area contributed by atoms with Crippen molar-refractivity contribution in [1.29, 1.82) is 0 Å². The van der Waals surface area contributed by atoms with Crippen LogP contribution < -0.4 is 0 Å². The standard InChI is InChI=1S/C25H30O/c1-3-5-20-8-12-22(13-9-20)25-16-14-24(15-17-25,18-23(25)26)21-10-6-19(4-2)7-11-21/h6-13H,3-5,14-18H2,1-2H3. The maximum atomic E-state index is 13.3. The van der Waals surface area contributed by atoms with Crippen LogP contribution in [0.3, 0.4) is 0 Å². The molecule has 0 atom stereocenters. The van der Waals surface area contributed by atoms with Gasteiger partial charge in [-0.1, -0.05) is 68.8 Å². The lowest BCUT2D eigenvalue weighted by atomic mass is 9.49. The molecule has 3 aliphatic carbocycles. The number of carbonyl (C=O) groups is 1. The number of rotatable bonds is 5. The van der Waals surface area contributed by atoms with E-state index in [1.807, 2.05) is 0 Å². The molecular formula is C25H30O. The summed E-state index contributed by atoms with van der Waals surface area (Å²) >= 11 is 0. The molecular weight excluding hydrogens is 316 g/mol. The lowest BCUT2D eigenvalue weighted by Gasteiger charge is -2.52. The van der Waals surface area contributed by atoms with Crippen molar-refractivity contribution in [1.82, 2.24) is 0 Å². The first kappa shape index (κ1) is 17.5. The molecule has 0 radical (unpaired) electrons. The van der Waals surface area contributed by atoms with Gasteiger partial charge in [0.1, 0.15) is 5.78 Å². The van der Waals surface area contributed by atoms with Gasteiger partial charge in [0.2, 0.25) is 0 Å². The van der Waals surface area contributed by atoms with E-state index < -0.39 is 0 Å². The number of benzene rings is 2. The van der Waals surface area contributed by atoms with E-state index in [1.54, 1.807) is 0 Å². The van der Waals surface area contributed by atoms with Crippen LogP contribution in [0.2, 0.25) is 0 Å². The van der Waals surface area contributed by atoms with Crippen molar-refractivity contribution in [2.24, 2.45) is 0 Å². The Morgan fingerprint density at radius 3 is 1.88 bits per heavy atom. The molecule has 0 aromatic heterocycles. The van der Waals surface area contributed by atoms with Gasteiger partial charge in [0.25, 0.3) is 0 Å². The summed E-state index contributed by atoms with van der Waals surface area (Å²) in [6.45, 7) is 4.41. The molecule has 0 aliphatic heterocycles. The fourth-order valence-electron chi connectivity index (χ4n) is 5.30. The van der Waals surface area contributed by atoms with E-state index in [1.165, 1.54) is 28.7 Å². The number of fused-ring (bicyclic) bond motifs is 3. The number of carbonyl (C=O) groups excluding carboxylic acids is 1. The van der Waals surface area contributed by atoms with Crippen LogP contribution in [-0.2, 0) is 28.5 Å². The minimum Gasteiger partial charge on any atom is -0.299 e. The highest BCUT2D eigenvalue weighted by Gasteiger charge is 2.55. The van der Waals surface area contributed by atoms with Crippen LogP contribution in [0, 0.1) is 0 Å². The van der Waals surface area contributed by atoms with Crippen LogP contribution in [0.1, 0.15) is 74.6 Å². The Morgan fingerprint density at radius 1 is 0.769 bits per heavy atom. The van der Waals surface area contributed by atoms with Crippen molar-refractivity contribution in [3.63, 3.8) is 0 Å². The molecule has 1 nitrogen and oxygen atoms in total. The number of hydrogen-bond donors (Lipinski definition) is 0. The topological polar surface area (TPSA) is 17.1 Å². The Morgan fingerprint density at radius 2 is 1.35 bits per heavy atom. The van der Waals surface area contributed by atoms with Gasteiger partial charge in [0.05, 0.1) is 5.41 Å². The van der Waals surface area contributed by atoms with Crippen LogP contribution in [-0.4, -0.2) is 5.78 Å². The molecule has 0 amide bonds. The Kier molecular flexibility index (Phi) is 4.50. The van der Waals surface area contributed by atoms with Crippen LogP contribution in [0.25, 0.3) is 0 Å². The lowest BCUT2D eigenvalue weighted by Crippen LogP contribution is -2.53. The van der Waals surface area contributed by atoms with E-state index in [-0.39, 0.29) is 10.8 Å². The SMILES string of the molecule is CCCc1ccc(C23CCC(c4ccc(CC)cc4)(CC2)CC3=O)cc1. The van der Waals surface area contributed by atoms with E-state index in [0.717, 1.165) is 44.9 Å². The monoisotopic (exact) mass is 346 g/mol. The molecule has 0 unspecified atom stereocenters. The van der Waals surface area contributed by atoms with Crippen molar-refractivity contribution in [2.45, 2.75) is 76.0 Å². The van der Waals surface area contributed by atoms with Gasteiger partial charge in [-0.05, 0) is 60.8 Å². The third-order valence-electron chi connectivity index (χ3n) is 7.11. The molecule has 0 spiro atoms. The smallest absolute Gasteiger partial charge is 0.144 e. The third kappa shape index (κ3) is 2.73. The lowest BCUT2D eigenvalue weighted by molar-refractivity contribution is -0.133. The molecule has 3 aliphatic rings. The van der Waals surface area contributed by atoms with Crippen molar-refractivity contribution in [2.75, 3.05) is 0 Å². The fraction of sp³-hybridized carbons (Fsp3) is 0.480. The summed E-state index contributed by atoms with van der Waals surface area (Å²) in [7, 11) is 0. The Hall–Kier alpha value is -1.89. The van der Waals surface area contributed by atoms with Crippen molar-refractivity contribution in [3.05, 3.63) is 70.8 Å². The molecule has 0 heterocycles. The van der Waals surface area contributed by atoms with E-state index in [4.69, 9.17) is 0 Å². The zero-order valence-corrected chi connectivity index (χ0v) is 16.2. The third-order valence-corrected chi connectivity index (χ3v) is 7.11. The van der Waals surface area contributed by atoms with Crippen LogP contribution in [0.5, 0.6) is 0 Å². The minimum atomic E-state index is -0.212. The highest BCUT2D eigenvalue weighted by Crippen LogP contribution is 2.56. The predicted octanol–water partition coefficient (Wildman–Crippen LogP) is 5.92. The van der Waals surface area contributed by atoms with Gasteiger partial charge < -0.3 is 0 Å². The van der Waals surface area contributed by atoms with Gasteiger partial charge in [0, 0.05) is 11.8 Å². The second-order valence-corrected chi connectivity index (χ2v) is 8.46. The molecule has 0 saturated heterocycles. The average molecular weight is 347 g/mol. The Bertz CT molecular complexity index is 774. The number of aryl methyl sites for hydroxylation is 2. The number of Topliss-reactive ketones (excluding diaryl/α,β-unsaturated/α-hetero) is 1. The van der Waals surface area contributed by atoms with E-state index in [2.05, 4.69) is 62.4 Å². The maximum Gasteiger partial charge on any atom is 0.144 e. The molecule has 5 rings (SSSR count). The van der Waals surface area contributed by atoms with E-state index in [0.29, 0.717) is 5.78 Å². The number of ketones is 1. The Balaban J connectivity index is 1.60. The molecule has 3 saturated carbocycles. The largest absolute Gasteiger partial charge is 0.299 e. The summed E-state index contributed by atoms with van der Waals surface area (Å²) in [5.41, 5.74) is 5.29. The van der Waals surface area contributed by atoms with Gasteiger partial charge in [-0.15, -0.1) is 0 Å². The molecule has 136 valence electrons. The summed E-state index contributed by atoms with van der Waals surface area (Å²) in [5, 5.41) is 0. The summed E-state index contributed by atoms with van der Waals surface area (Å²) in [6, 6.07) is 18.0. The highest BCUT2D eigenvalue weighted by molar-refractivity contribution is 5.93. The van der Waals surface area contributed by atoms with Crippen molar-refractivity contribution < 1.29 is 4.79 Å². The average Bonchev–Trinajstić information content (AvgIpc) is 2.70. The summed E-state index contributed by atoms with van der Waals surface area (Å²) in [6.07, 6.45) is 8.38. The molecule has 26 heavy (non-hydrogen) atoms. The van der Waals surface area contributed by atoms with Crippen LogP contribution in [0.4, 0.5) is 0 Å². The zero-order chi connectivity index (χ0) is 18.2. The van der Waals surface area contributed by atoms with Crippen molar-refractivity contribution >= 4 is 5.78 Å². The Labute approximate surface area is 157 Å². The van der Waals surface area contributed by atoms with Crippen molar-refractivity contribution in [3.8, 4) is 0 Å². The molecule has 0 N–H and O–H groups in total. The first-order valence-electron chi connectivity index (χ1n) is 10.3. The van der Waals surface area contributed by atoms with E-state index >= 15 is 0 Å².